The summed E-state index contributed by atoms with van der Waals surface area (Å²) in [5.74, 6) is 0. The van der Waals surface area contributed by atoms with Crippen molar-refractivity contribution in [2.45, 2.75) is 51.2 Å². The van der Waals surface area contributed by atoms with Crippen LogP contribution in [0.4, 0.5) is 11.4 Å². The standard InChI is InChI=1S/C14H21N3O2/c1-10-7-8-12(15-10)9-11(2)16-13-5-3-4-6-14(13)17(18)19/h3-6,10-12,15-16H,7-9H2,1-2H3/t10?,11-,12-/m0/s1. The lowest BCUT2D eigenvalue weighted by atomic mass is 10.1. The zero-order valence-corrected chi connectivity index (χ0v) is 11.4. The first-order valence-electron chi connectivity index (χ1n) is 6.82. The molecule has 1 saturated heterocycles. The van der Waals surface area contributed by atoms with Crippen molar-refractivity contribution in [1.82, 2.24) is 5.32 Å². The van der Waals surface area contributed by atoms with Crippen molar-refractivity contribution in [2.24, 2.45) is 0 Å². The molecule has 2 N–H and O–H groups in total. The fourth-order valence-corrected chi connectivity index (χ4v) is 2.71. The SMILES string of the molecule is CC1CC[C@@H](C[C@H](C)Nc2ccccc2[N+](=O)[O-])N1. The molecule has 5 nitrogen and oxygen atoms in total. The van der Waals surface area contributed by atoms with Crippen LogP contribution in [-0.2, 0) is 0 Å². The van der Waals surface area contributed by atoms with E-state index in [4.69, 9.17) is 0 Å². The minimum absolute atomic E-state index is 0.141. The number of rotatable bonds is 5. The second-order valence-electron chi connectivity index (χ2n) is 5.40. The van der Waals surface area contributed by atoms with E-state index in [-0.39, 0.29) is 16.7 Å². The molecule has 0 radical (unpaired) electrons. The van der Waals surface area contributed by atoms with E-state index in [1.165, 1.54) is 18.9 Å². The Labute approximate surface area is 113 Å². The van der Waals surface area contributed by atoms with E-state index in [0.717, 1.165) is 6.42 Å². The van der Waals surface area contributed by atoms with Crippen molar-refractivity contribution in [3.05, 3.63) is 34.4 Å². The third-order valence-electron chi connectivity index (χ3n) is 3.61. The molecule has 0 aromatic heterocycles. The van der Waals surface area contributed by atoms with Crippen LogP contribution in [0.25, 0.3) is 0 Å². The highest BCUT2D eigenvalue weighted by atomic mass is 16.6. The molecular weight excluding hydrogens is 242 g/mol. The molecule has 0 spiro atoms. The van der Waals surface area contributed by atoms with Crippen LogP contribution in [0.3, 0.4) is 0 Å². The maximum atomic E-state index is 10.9. The Hall–Kier alpha value is -1.62. The molecule has 0 amide bonds. The highest BCUT2D eigenvalue weighted by molar-refractivity contribution is 5.61. The number of para-hydroxylation sites is 2. The Morgan fingerprint density at radius 3 is 2.84 bits per heavy atom. The van der Waals surface area contributed by atoms with Gasteiger partial charge < -0.3 is 10.6 Å². The summed E-state index contributed by atoms with van der Waals surface area (Å²) >= 11 is 0. The van der Waals surface area contributed by atoms with Gasteiger partial charge in [0, 0.05) is 24.2 Å². The first-order chi connectivity index (χ1) is 9.06. The number of benzene rings is 1. The first-order valence-corrected chi connectivity index (χ1v) is 6.82. The lowest BCUT2D eigenvalue weighted by Gasteiger charge is -2.19. The van der Waals surface area contributed by atoms with Gasteiger partial charge in [0.2, 0.25) is 0 Å². The minimum Gasteiger partial charge on any atom is -0.377 e. The van der Waals surface area contributed by atoms with Crippen LogP contribution in [0, 0.1) is 10.1 Å². The quantitative estimate of drug-likeness (QED) is 0.633. The van der Waals surface area contributed by atoms with E-state index in [0.29, 0.717) is 17.8 Å². The molecule has 1 aliphatic rings. The summed E-state index contributed by atoms with van der Waals surface area (Å²) < 4.78 is 0. The topological polar surface area (TPSA) is 67.2 Å². The molecule has 0 saturated carbocycles. The van der Waals surface area contributed by atoms with Gasteiger partial charge in [-0.2, -0.15) is 0 Å². The molecule has 1 aromatic rings. The fraction of sp³-hybridized carbons (Fsp3) is 0.571. The average Bonchev–Trinajstić information content (AvgIpc) is 2.75. The van der Waals surface area contributed by atoms with Gasteiger partial charge in [0.05, 0.1) is 4.92 Å². The Morgan fingerprint density at radius 1 is 1.47 bits per heavy atom. The number of anilines is 1. The second kappa shape index (κ2) is 6.02. The van der Waals surface area contributed by atoms with Crippen LogP contribution < -0.4 is 10.6 Å². The van der Waals surface area contributed by atoms with Crippen LogP contribution >= 0.6 is 0 Å². The summed E-state index contributed by atoms with van der Waals surface area (Å²) in [6.07, 6.45) is 3.38. The van der Waals surface area contributed by atoms with E-state index >= 15 is 0 Å². The highest BCUT2D eigenvalue weighted by Crippen LogP contribution is 2.25. The van der Waals surface area contributed by atoms with E-state index in [1.54, 1.807) is 12.1 Å². The lowest BCUT2D eigenvalue weighted by Crippen LogP contribution is -2.32. The monoisotopic (exact) mass is 263 g/mol. The number of nitro groups is 1. The average molecular weight is 263 g/mol. The van der Waals surface area contributed by atoms with Gasteiger partial charge >= 0.3 is 0 Å². The number of hydrogen-bond acceptors (Lipinski definition) is 4. The van der Waals surface area contributed by atoms with Crippen molar-refractivity contribution in [1.29, 1.82) is 0 Å². The van der Waals surface area contributed by atoms with Gasteiger partial charge in [0.1, 0.15) is 5.69 Å². The predicted molar refractivity (Wildman–Crippen MR) is 76.4 cm³/mol. The molecule has 2 rings (SSSR count). The molecule has 5 heteroatoms. The molecular formula is C14H21N3O2. The second-order valence-corrected chi connectivity index (χ2v) is 5.40. The van der Waals surface area contributed by atoms with E-state index in [9.17, 15) is 10.1 Å². The molecule has 0 aliphatic carbocycles. The zero-order chi connectivity index (χ0) is 13.8. The van der Waals surface area contributed by atoms with Crippen molar-refractivity contribution < 1.29 is 4.92 Å². The molecule has 1 unspecified atom stereocenters. The van der Waals surface area contributed by atoms with Gasteiger partial charge in [-0.25, -0.2) is 0 Å². The van der Waals surface area contributed by atoms with Crippen LogP contribution in [0.1, 0.15) is 33.1 Å². The molecule has 1 aliphatic heterocycles. The zero-order valence-electron chi connectivity index (χ0n) is 11.4. The van der Waals surface area contributed by atoms with Crippen molar-refractivity contribution in [3.8, 4) is 0 Å². The van der Waals surface area contributed by atoms with Crippen LogP contribution in [0.2, 0.25) is 0 Å². The summed E-state index contributed by atoms with van der Waals surface area (Å²) in [5, 5.41) is 17.7. The Morgan fingerprint density at radius 2 is 2.21 bits per heavy atom. The predicted octanol–water partition coefficient (Wildman–Crippen LogP) is 2.93. The lowest BCUT2D eigenvalue weighted by molar-refractivity contribution is -0.384. The minimum atomic E-state index is -0.342. The largest absolute Gasteiger partial charge is 0.377 e. The highest BCUT2D eigenvalue weighted by Gasteiger charge is 2.22. The van der Waals surface area contributed by atoms with Gasteiger partial charge in [-0.3, -0.25) is 10.1 Å². The summed E-state index contributed by atoms with van der Waals surface area (Å²) in [5.41, 5.74) is 0.744. The summed E-state index contributed by atoms with van der Waals surface area (Å²) in [6.45, 7) is 4.27. The van der Waals surface area contributed by atoms with Crippen molar-refractivity contribution in [3.63, 3.8) is 0 Å². The summed E-state index contributed by atoms with van der Waals surface area (Å²) in [4.78, 5) is 10.6. The molecule has 19 heavy (non-hydrogen) atoms. The third-order valence-corrected chi connectivity index (χ3v) is 3.61. The van der Waals surface area contributed by atoms with Crippen molar-refractivity contribution in [2.75, 3.05) is 5.32 Å². The Bertz CT molecular complexity index is 450. The molecule has 0 bridgehead atoms. The normalized spacial score (nSPS) is 24.1. The Kier molecular flexibility index (Phi) is 4.37. The maximum Gasteiger partial charge on any atom is 0.292 e. The van der Waals surface area contributed by atoms with E-state index < -0.39 is 0 Å². The van der Waals surface area contributed by atoms with Gasteiger partial charge in [0.15, 0.2) is 0 Å². The van der Waals surface area contributed by atoms with Crippen LogP contribution in [0.5, 0.6) is 0 Å². The summed E-state index contributed by atoms with van der Waals surface area (Å²) in [7, 11) is 0. The van der Waals surface area contributed by atoms with E-state index in [1.807, 2.05) is 6.07 Å². The summed E-state index contributed by atoms with van der Waals surface area (Å²) in [6, 6.07) is 8.11. The fourth-order valence-electron chi connectivity index (χ4n) is 2.71. The molecule has 3 atom stereocenters. The molecule has 104 valence electrons. The number of hydrogen-bond donors (Lipinski definition) is 2. The van der Waals surface area contributed by atoms with Gasteiger partial charge in [0.25, 0.3) is 5.69 Å². The van der Waals surface area contributed by atoms with Crippen molar-refractivity contribution >= 4 is 11.4 Å². The van der Waals surface area contributed by atoms with Crippen LogP contribution in [-0.4, -0.2) is 23.0 Å². The van der Waals surface area contributed by atoms with Gasteiger partial charge in [-0.05, 0) is 39.2 Å². The van der Waals surface area contributed by atoms with Gasteiger partial charge in [-0.1, -0.05) is 12.1 Å². The van der Waals surface area contributed by atoms with E-state index in [2.05, 4.69) is 24.5 Å². The molecule has 1 aromatic carbocycles. The number of nitro benzene ring substituents is 1. The Balaban J connectivity index is 1.95. The third kappa shape index (κ3) is 3.67. The molecule has 1 fully saturated rings. The maximum absolute atomic E-state index is 10.9. The van der Waals surface area contributed by atoms with Gasteiger partial charge in [-0.15, -0.1) is 0 Å². The first kappa shape index (κ1) is 13.8. The smallest absolute Gasteiger partial charge is 0.292 e. The molecule has 1 heterocycles. The number of nitrogens with zero attached hydrogens (tertiary/aromatic N) is 1. The number of nitrogens with one attached hydrogen (secondary N) is 2. The van der Waals surface area contributed by atoms with Crippen LogP contribution in [0.15, 0.2) is 24.3 Å².